The van der Waals surface area contributed by atoms with Crippen molar-refractivity contribution >= 4 is 40.4 Å². The van der Waals surface area contributed by atoms with Gasteiger partial charge >= 0.3 is 11.9 Å². The normalized spacial score (nSPS) is 13.1. The van der Waals surface area contributed by atoms with Crippen LogP contribution in [0.15, 0.2) is 78.9 Å². The van der Waals surface area contributed by atoms with Crippen LogP contribution >= 0.6 is 0 Å². The first kappa shape index (κ1) is 33.7. The molecule has 7 heteroatoms. The number of hydrogen-bond acceptors (Lipinski definition) is 7. The van der Waals surface area contributed by atoms with E-state index in [1.807, 2.05) is 40.7 Å². The fraction of sp³-hybridized carbons (Fsp3) is 0.444. The van der Waals surface area contributed by atoms with Crippen molar-refractivity contribution in [1.82, 2.24) is 0 Å². The summed E-state index contributed by atoms with van der Waals surface area (Å²) in [5.74, 6) is -0.233. The zero-order valence-electron chi connectivity index (χ0n) is 26.5. The minimum Gasteiger partial charge on any atom is -0.465 e. The summed E-state index contributed by atoms with van der Waals surface area (Å²) < 4.78 is 15.4. The molecule has 3 aromatic carbocycles. The van der Waals surface area contributed by atoms with Gasteiger partial charge in [-0.05, 0) is 69.0 Å². The van der Waals surface area contributed by atoms with E-state index in [1.54, 1.807) is 0 Å². The highest BCUT2D eigenvalue weighted by Crippen LogP contribution is 2.50. The molecule has 0 fully saturated rings. The van der Waals surface area contributed by atoms with Crippen LogP contribution in [0.4, 0.5) is 28.4 Å². The summed E-state index contributed by atoms with van der Waals surface area (Å²) in [6.07, 6.45) is 3.44. The Hall–Kier alpha value is -3.84. The van der Waals surface area contributed by atoms with Crippen LogP contribution in [0.1, 0.15) is 60.3 Å². The van der Waals surface area contributed by atoms with Gasteiger partial charge in [-0.2, -0.15) is 0 Å². The van der Waals surface area contributed by atoms with Crippen molar-refractivity contribution in [3.8, 4) is 0 Å². The monoisotopic (exact) mass is 588 g/mol. The molecule has 4 rings (SSSR count). The van der Waals surface area contributed by atoms with E-state index >= 15 is 0 Å². The zero-order valence-corrected chi connectivity index (χ0v) is 26.5. The second kappa shape index (κ2) is 18.0. The van der Waals surface area contributed by atoms with Crippen molar-refractivity contribution in [2.45, 2.75) is 60.3 Å². The van der Waals surface area contributed by atoms with E-state index < -0.39 is 0 Å². The van der Waals surface area contributed by atoms with Crippen molar-refractivity contribution in [3.63, 3.8) is 0 Å². The number of fused-ring (bicyclic) bond motifs is 2. The summed E-state index contributed by atoms with van der Waals surface area (Å²) in [5, 5.41) is 0. The lowest BCUT2D eigenvalue weighted by molar-refractivity contribution is -0.149. The Morgan fingerprint density at radius 2 is 1.12 bits per heavy atom. The van der Waals surface area contributed by atoms with Crippen molar-refractivity contribution in [2.75, 3.05) is 42.8 Å². The maximum Gasteiger partial charge on any atom is 0.308 e. The zero-order chi connectivity index (χ0) is 31.0. The first-order chi connectivity index (χ1) is 20.9. The minimum atomic E-state index is -0.128. The SMILES string of the molecule is CCOCCOC(=O)[C@H](C)CC.CC[C@@H](C)C(=O)OCCCCN1c2ccccc2N(c2ccccc2)c2ccccc21. The maximum absolute atomic E-state index is 11.9. The highest BCUT2D eigenvalue weighted by Gasteiger charge is 2.28. The van der Waals surface area contributed by atoms with Crippen molar-refractivity contribution in [1.29, 1.82) is 0 Å². The van der Waals surface area contributed by atoms with E-state index in [9.17, 15) is 9.59 Å². The summed E-state index contributed by atoms with van der Waals surface area (Å²) in [7, 11) is 0. The standard InChI is InChI=1S/C27H30N2O2.C9H18O3/c1-3-21(2)27(30)31-20-12-11-19-28-23-15-7-9-17-25(23)29(22-13-5-4-6-14-22)26-18-10-8-16-24(26)28;1-4-8(3)9(10)12-7-6-11-5-2/h4-10,13-18,21H,3,11-12,19-20H2,1-2H3;8H,4-7H2,1-3H3/t21-;8-/m11/s1. The van der Waals surface area contributed by atoms with Crippen LogP contribution < -0.4 is 9.80 Å². The molecule has 0 bridgehead atoms. The molecule has 0 amide bonds. The Balaban J connectivity index is 0.000000359. The van der Waals surface area contributed by atoms with E-state index in [1.165, 1.54) is 22.7 Å². The molecule has 0 radical (unpaired) electrons. The fourth-order valence-corrected chi connectivity index (χ4v) is 4.63. The third kappa shape index (κ3) is 9.58. The molecule has 0 unspecified atom stereocenters. The molecule has 0 N–H and O–H groups in total. The summed E-state index contributed by atoms with van der Waals surface area (Å²) in [5.41, 5.74) is 5.90. The molecule has 1 aliphatic heterocycles. The largest absolute Gasteiger partial charge is 0.465 e. The number of ether oxygens (including phenoxy) is 3. The highest BCUT2D eigenvalue weighted by atomic mass is 16.6. The number of carbonyl (C=O) groups is 2. The lowest BCUT2D eigenvalue weighted by atomic mass is 10.1. The average molecular weight is 589 g/mol. The molecule has 0 saturated carbocycles. The Labute approximate surface area is 257 Å². The lowest BCUT2D eigenvalue weighted by Crippen LogP contribution is -2.28. The molecule has 7 nitrogen and oxygen atoms in total. The first-order valence-corrected chi connectivity index (χ1v) is 15.6. The summed E-state index contributed by atoms with van der Waals surface area (Å²) in [6.45, 7) is 12.6. The van der Waals surface area contributed by atoms with Crippen molar-refractivity contribution in [3.05, 3.63) is 78.9 Å². The van der Waals surface area contributed by atoms with Crippen LogP contribution in [0, 0.1) is 11.8 Å². The van der Waals surface area contributed by atoms with E-state index in [2.05, 4.69) is 82.6 Å². The van der Waals surface area contributed by atoms with E-state index in [4.69, 9.17) is 14.2 Å². The molecule has 1 aliphatic rings. The van der Waals surface area contributed by atoms with Gasteiger partial charge in [0, 0.05) is 18.8 Å². The molecule has 1 heterocycles. The average Bonchev–Trinajstić information content (AvgIpc) is 3.05. The first-order valence-electron chi connectivity index (χ1n) is 15.6. The maximum atomic E-state index is 11.9. The smallest absolute Gasteiger partial charge is 0.308 e. The number of benzene rings is 3. The van der Waals surface area contributed by atoms with Crippen LogP contribution in [0.2, 0.25) is 0 Å². The second-order valence-corrected chi connectivity index (χ2v) is 10.7. The minimum absolute atomic E-state index is 0.00614. The quantitative estimate of drug-likeness (QED) is 0.138. The van der Waals surface area contributed by atoms with Gasteiger partial charge in [0.2, 0.25) is 0 Å². The predicted octanol–water partition coefficient (Wildman–Crippen LogP) is 8.59. The number of hydrogen-bond donors (Lipinski definition) is 0. The third-order valence-corrected chi connectivity index (χ3v) is 7.57. The third-order valence-electron chi connectivity index (χ3n) is 7.57. The van der Waals surface area contributed by atoms with E-state index in [-0.39, 0.29) is 23.8 Å². The van der Waals surface area contributed by atoms with Gasteiger partial charge < -0.3 is 24.0 Å². The van der Waals surface area contributed by atoms with Crippen LogP contribution in [-0.2, 0) is 23.8 Å². The number of unbranched alkanes of at least 4 members (excludes halogenated alkanes) is 1. The number of nitrogens with zero attached hydrogens (tertiary/aromatic N) is 2. The Morgan fingerprint density at radius 1 is 0.628 bits per heavy atom. The summed E-state index contributed by atoms with van der Waals surface area (Å²) in [6, 6.07) is 27.6. The van der Waals surface area contributed by atoms with Gasteiger partial charge in [0.15, 0.2) is 0 Å². The second-order valence-electron chi connectivity index (χ2n) is 10.7. The number of para-hydroxylation sites is 5. The highest BCUT2D eigenvalue weighted by molar-refractivity contribution is 5.97. The van der Waals surface area contributed by atoms with Crippen LogP contribution in [-0.4, -0.2) is 44.9 Å². The van der Waals surface area contributed by atoms with Gasteiger partial charge in [0.25, 0.3) is 0 Å². The lowest BCUT2D eigenvalue weighted by Gasteiger charge is -2.40. The van der Waals surface area contributed by atoms with Crippen LogP contribution in [0.3, 0.4) is 0 Å². The van der Waals surface area contributed by atoms with Crippen molar-refractivity contribution < 1.29 is 23.8 Å². The Bertz CT molecular complexity index is 1220. The predicted molar refractivity (Wildman–Crippen MR) is 175 cm³/mol. The number of rotatable bonds is 14. The van der Waals surface area contributed by atoms with Crippen molar-refractivity contribution in [2.24, 2.45) is 11.8 Å². The molecule has 0 spiro atoms. The van der Waals surface area contributed by atoms with E-state index in [0.29, 0.717) is 26.4 Å². The van der Waals surface area contributed by atoms with Gasteiger partial charge in [0.05, 0.1) is 47.8 Å². The molecule has 3 aromatic rings. The summed E-state index contributed by atoms with van der Waals surface area (Å²) >= 11 is 0. The summed E-state index contributed by atoms with van der Waals surface area (Å²) in [4.78, 5) is 27.7. The van der Waals surface area contributed by atoms with Gasteiger partial charge in [-0.3, -0.25) is 9.59 Å². The molecular weight excluding hydrogens is 540 g/mol. The number of anilines is 5. The molecule has 232 valence electrons. The van der Waals surface area contributed by atoms with Crippen LogP contribution in [0.5, 0.6) is 0 Å². The van der Waals surface area contributed by atoms with Crippen LogP contribution in [0.25, 0.3) is 0 Å². The topological polar surface area (TPSA) is 68.3 Å². The number of carbonyl (C=O) groups excluding carboxylic acids is 2. The van der Waals surface area contributed by atoms with E-state index in [0.717, 1.165) is 37.9 Å². The van der Waals surface area contributed by atoms with Gasteiger partial charge in [-0.1, -0.05) is 70.2 Å². The molecule has 0 saturated heterocycles. The van der Waals surface area contributed by atoms with Gasteiger partial charge in [0.1, 0.15) is 6.61 Å². The number of esters is 2. The fourth-order valence-electron chi connectivity index (χ4n) is 4.63. The Morgan fingerprint density at radius 3 is 1.63 bits per heavy atom. The molecule has 0 aliphatic carbocycles. The molecule has 2 atom stereocenters. The molecule has 0 aromatic heterocycles. The van der Waals surface area contributed by atoms with Gasteiger partial charge in [-0.15, -0.1) is 0 Å². The molecular formula is C36H48N2O5. The Kier molecular flexibility index (Phi) is 14.1. The van der Waals surface area contributed by atoms with Gasteiger partial charge in [-0.25, -0.2) is 0 Å². The molecule has 43 heavy (non-hydrogen) atoms.